The molecule has 2 unspecified atom stereocenters. The van der Waals surface area contributed by atoms with Crippen molar-refractivity contribution in [3.63, 3.8) is 0 Å². The second-order valence-corrected chi connectivity index (χ2v) is 5.44. The average molecular weight is 231 g/mol. The third-order valence-electron chi connectivity index (χ3n) is 4.45. The molecule has 1 aromatic carbocycles. The number of benzene rings is 1. The lowest BCUT2D eigenvalue weighted by atomic mass is 9.72. The molecule has 0 bridgehead atoms. The summed E-state index contributed by atoms with van der Waals surface area (Å²) in [5.74, 6) is 0.757. The van der Waals surface area contributed by atoms with Gasteiger partial charge in [-0.1, -0.05) is 12.1 Å². The predicted octanol–water partition coefficient (Wildman–Crippen LogP) is 2.43. The summed E-state index contributed by atoms with van der Waals surface area (Å²) in [7, 11) is 0. The molecule has 2 atom stereocenters. The van der Waals surface area contributed by atoms with Gasteiger partial charge in [-0.05, 0) is 66.7 Å². The van der Waals surface area contributed by atoms with E-state index in [4.69, 9.17) is 5.73 Å². The molecule has 2 aliphatic carbocycles. The number of hydrogen-bond donors (Lipinski definition) is 2. The molecule has 2 aliphatic rings. The summed E-state index contributed by atoms with van der Waals surface area (Å²) in [6, 6.07) is 4.34. The van der Waals surface area contributed by atoms with Gasteiger partial charge in [-0.25, -0.2) is 0 Å². The molecule has 0 radical (unpaired) electrons. The fraction of sp³-hybridized carbons (Fsp3) is 0.600. The van der Waals surface area contributed by atoms with Crippen molar-refractivity contribution in [2.75, 3.05) is 6.54 Å². The number of aryl methyl sites for hydroxylation is 1. The van der Waals surface area contributed by atoms with Crippen LogP contribution >= 0.6 is 0 Å². The monoisotopic (exact) mass is 231 g/mol. The summed E-state index contributed by atoms with van der Waals surface area (Å²) in [5.41, 5.74) is 11.2. The van der Waals surface area contributed by atoms with E-state index in [9.17, 15) is 5.11 Å². The minimum absolute atomic E-state index is 0.330. The van der Waals surface area contributed by atoms with E-state index >= 15 is 0 Å². The minimum atomic E-state index is -0.476. The Balaban J connectivity index is 2.13. The SMILES string of the molecule is NCC(O)c1ccc2c3c1CCCC3CCC2. The van der Waals surface area contributed by atoms with E-state index in [2.05, 4.69) is 12.1 Å². The number of aliphatic hydroxyl groups is 1. The highest BCUT2D eigenvalue weighted by Gasteiger charge is 2.28. The van der Waals surface area contributed by atoms with Crippen LogP contribution in [0.15, 0.2) is 12.1 Å². The zero-order chi connectivity index (χ0) is 11.8. The Bertz CT molecular complexity index is 425. The Morgan fingerprint density at radius 1 is 1.24 bits per heavy atom. The average Bonchev–Trinajstić information content (AvgIpc) is 2.39. The molecule has 0 aromatic heterocycles. The summed E-state index contributed by atoms with van der Waals surface area (Å²) >= 11 is 0. The molecule has 0 spiro atoms. The first-order chi connectivity index (χ1) is 8.31. The number of hydrogen-bond acceptors (Lipinski definition) is 2. The molecule has 3 rings (SSSR count). The highest BCUT2D eigenvalue weighted by atomic mass is 16.3. The highest BCUT2D eigenvalue weighted by molar-refractivity contribution is 5.47. The fourth-order valence-corrected chi connectivity index (χ4v) is 3.67. The zero-order valence-electron chi connectivity index (χ0n) is 10.3. The van der Waals surface area contributed by atoms with Crippen LogP contribution in [0.3, 0.4) is 0 Å². The number of rotatable bonds is 2. The van der Waals surface area contributed by atoms with Crippen LogP contribution in [-0.2, 0) is 12.8 Å². The minimum Gasteiger partial charge on any atom is -0.387 e. The maximum absolute atomic E-state index is 10.0. The molecule has 2 nitrogen and oxygen atoms in total. The van der Waals surface area contributed by atoms with Crippen LogP contribution in [-0.4, -0.2) is 11.7 Å². The molecule has 0 aliphatic heterocycles. The first-order valence-electron chi connectivity index (χ1n) is 6.84. The van der Waals surface area contributed by atoms with Gasteiger partial charge in [-0.15, -0.1) is 0 Å². The highest BCUT2D eigenvalue weighted by Crippen LogP contribution is 2.43. The lowest BCUT2D eigenvalue weighted by molar-refractivity contribution is 0.185. The van der Waals surface area contributed by atoms with Gasteiger partial charge in [-0.3, -0.25) is 0 Å². The van der Waals surface area contributed by atoms with Gasteiger partial charge in [0.25, 0.3) is 0 Å². The third-order valence-corrected chi connectivity index (χ3v) is 4.45. The topological polar surface area (TPSA) is 46.2 Å². The quantitative estimate of drug-likeness (QED) is 0.821. The molecule has 3 N–H and O–H groups in total. The largest absolute Gasteiger partial charge is 0.387 e. The second-order valence-electron chi connectivity index (χ2n) is 5.44. The van der Waals surface area contributed by atoms with Crippen LogP contribution in [0.25, 0.3) is 0 Å². The predicted molar refractivity (Wildman–Crippen MR) is 69.1 cm³/mol. The summed E-state index contributed by atoms with van der Waals surface area (Å²) in [6.45, 7) is 0.330. The normalized spacial score (nSPS) is 24.2. The molecule has 1 aromatic rings. The smallest absolute Gasteiger partial charge is 0.0914 e. The van der Waals surface area contributed by atoms with Crippen LogP contribution in [0.2, 0.25) is 0 Å². The number of aliphatic hydroxyl groups excluding tert-OH is 1. The van der Waals surface area contributed by atoms with Gasteiger partial charge in [0.05, 0.1) is 6.10 Å². The van der Waals surface area contributed by atoms with Gasteiger partial charge in [0.15, 0.2) is 0 Å². The summed E-state index contributed by atoms with van der Waals surface area (Å²) in [4.78, 5) is 0. The van der Waals surface area contributed by atoms with E-state index < -0.39 is 6.10 Å². The zero-order valence-corrected chi connectivity index (χ0v) is 10.3. The van der Waals surface area contributed by atoms with Crippen molar-refractivity contribution in [1.82, 2.24) is 0 Å². The maximum Gasteiger partial charge on any atom is 0.0914 e. The van der Waals surface area contributed by atoms with E-state index in [1.54, 1.807) is 5.56 Å². The van der Waals surface area contributed by atoms with Gasteiger partial charge >= 0.3 is 0 Å². The molecule has 0 amide bonds. The lowest BCUT2D eigenvalue weighted by Crippen LogP contribution is -2.21. The van der Waals surface area contributed by atoms with Gasteiger partial charge in [0.2, 0.25) is 0 Å². The van der Waals surface area contributed by atoms with Crippen molar-refractivity contribution >= 4 is 0 Å². The van der Waals surface area contributed by atoms with E-state index in [1.807, 2.05) is 0 Å². The lowest BCUT2D eigenvalue weighted by Gasteiger charge is -2.34. The maximum atomic E-state index is 10.0. The van der Waals surface area contributed by atoms with Crippen LogP contribution in [0.1, 0.15) is 60.0 Å². The van der Waals surface area contributed by atoms with Crippen molar-refractivity contribution in [3.05, 3.63) is 34.4 Å². The molecule has 17 heavy (non-hydrogen) atoms. The van der Waals surface area contributed by atoms with Crippen molar-refractivity contribution in [3.8, 4) is 0 Å². The Morgan fingerprint density at radius 3 is 2.76 bits per heavy atom. The van der Waals surface area contributed by atoms with E-state index in [1.165, 1.54) is 43.2 Å². The molecular weight excluding hydrogens is 210 g/mol. The van der Waals surface area contributed by atoms with E-state index in [0.717, 1.165) is 17.9 Å². The van der Waals surface area contributed by atoms with Crippen molar-refractivity contribution in [2.24, 2.45) is 5.73 Å². The van der Waals surface area contributed by atoms with Crippen LogP contribution < -0.4 is 5.73 Å². The molecule has 0 saturated carbocycles. The Morgan fingerprint density at radius 2 is 2.00 bits per heavy atom. The van der Waals surface area contributed by atoms with Gasteiger partial charge in [0, 0.05) is 6.54 Å². The van der Waals surface area contributed by atoms with Crippen LogP contribution in [0.4, 0.5) is 0 Å². The van der Waals surface area contributed by atoms with Crippen LogP contribution in [0, 0.1) is 0 Å². The molecule has 2 heteroatoms. The van der Waals surface area contributed by atoms with Crippen LogP contribution in [0.5, 0.6) is 0 Å². The Labute approximate surface area is 103 Å². The second kappa shape index (κ2) is 4.43. The summed E-state index contributed by atoms with van der Waals surface area (Å²) in [6.07, 6.45) is 7.14. The molecule has 0 saturated heterocycles. The number of nitrogens with two attached hydrogens (primary N) is 1. The Hall–Kier alpha value is -0.860. The van der Waals surface area contributed by atoms with Crippen molar-refractivity contribution < 1.29 is 5.11 Å². The van der Waals surface area contributed by atoms with Crippen molar-refractivity contribution in [2.45, 2.75) is 50.5 Å². The van der Waals surface area contributed by atoms with Gasteiger partial charge in [0.1, 0.15) is 0 Å². The van der Waals surface area contributed by atoms with Gasteiger partial charge < -0.3 is 10.8 Å². The van der Waals surface area contributed by atoms with E-state index in [0.29, 0.717) is 6.54 Å². The third kappa shape index (κ3) is 1.80. The molecule has 0 heterocycles. The first-order valence-corrected chi connectivity index (χ1v) is 6.84. The van der Waals surface area contributed by atoms with Crippen molar-refractivity contribution in [1.29, 1.82) is 0 Å². The van der Waals surface area contributed by atoms with Gasteiger partial charge in [-0.2, -0.15) is 0 Å². The van der Waals surface area contributed by atoms with E-state index in [-0.39, 0.29) is 0 Å². The fourth-order valence-electron chi connectivity index (χ4n) is 3.67. The summed E-state index contributed by atoms with van der Waals surface area (Å²) in [5, 5.41) is 10.0. The first kappa shape index (κ1) is 11.2. The Kier molecular flexibility index (Phi) is 2.93. The molecular formula is C15H21NO. The summed E-state index contributed by atoms with van der Waals surface area (Å²) < 4.78 is 0. The standard InChI is InChI=1S/C15H21NO/c16-9-14(17)12-8-7-11-4-1-3-10-5-2-6-13(12)15(10)11/h7-8,10,14,17H,1-6,9,16H2. The molecule has 92 valence electrons. The molecule has 0 fully saturated rings.